The minimum Gasteiger partial charge on any atom is -0.477 e. The van der Waals surface area contributed by atoms with E-state index in [-0.39, 0.29) is 34.5 Å². The van der Waals surface area contributed by atoms with Gasteiger partial charge >= 0.3 is 5.97 Å². The van der Waals surface area contributed by atoms with Crippen LogP contribution in [0.2, 0.25) is 0 Å². The lowest BCUT2D eigenvalue weighted by Crippen LogP contribution is -2.40. The maximum absolute atomic E-state index is 15.7. The molecule has 3 N–H and O–H groups in total. The van der Waals surface area contributed by atoms with Gasteiger partial charge in [0.15, 0.2) is 0 Å². The molecule has 1 saturated carbocycles. The van der Waals surface area contributed by atoms with E-state index in [1.165, 1.54) is 6.20 Å². The molecule has 0 radical (unpaired) electrons. The number of fused-ring (bicyclic) bond motifs is 2. The monoisotopic (exact) mass is 439 g/mol. The van der Waals surface area contributed by atoms with Gasteiger partial charge in [-0.3, -0.25) is 4.79 Å². The van der Waals surface area contributed by atoms with Crippen molar-refractivity contribution in [3.63, 3.8) is 0 Å². The molecule has 170 valence electrons. The number of rotatable bonds is 4. The average molecular weight is 440 g/mol. The number of allylic oxidation sites excluding steroid dienone is 1. The first-order valence-electron chi connectivity index (χ1n) is 11.5. The molecule has 0 amide bonds. The summed E-state index contributed by atoms with van der Waals surface area (Å²) in [5, 5.41) is 9.69. The summed E-state index contributed by atoms with van der Waals surface area (Å²) >= 11 is 0. The molecule has 4 unspecified atom stereocenters. The number of pyridine rings is 1. The minimum absolute atomic E-state index is 0.0487. The molecule has 1 saturated heterocycles. The third-order valence-corrected chi connectivity index (χ3v) is 7.71. The number of carboxylic acids is 1. The molecule has 3 aliphatic rings. The summed E-state index contributed by atoms with van der Waals surface area (Å²) in [6, 6.07) is 1.86. The lowest BCUT2D eigenvalue weighted by molar-refractivity contribution is 0.0695. The number of hydrogen-bond donors (Lipinski definition) is 2. The molecule has 2 fully saturated rings. The molecular weight excluding hydrogens is 409 g/mol. The fourth-order valence-corrected chi connectivity index (χ4v) is 5.81. The van der Waals surface area contributed by atoms with Crippen molar-refractivity contribution in [2.45, 2.75) is 45.7 Å². The number of nitrogens with zero attached hydrogens (tertiary/aromatic N) is 2. The highest BCUT2D eigenvalue weighted by Crippen LogP contribution is 2.43. The highest BCUT2D eigenvalue weighted by Gasteiger charge is 2.43. The molecule has 0 bridgehead atoms. The van der Waals surface area contributed by atoms with E-state index in [0.29, 0.717) is 42.0 Å². The van der Waals surface area contributed by atoms with Crippen molar-refractivity contribution in [1.82, 2.24) is 4.57 Å². The SMILES string of the molecule is Cc1c(F)c(N2CC3C(N)C=CC(C(C)C)C3C2)cc2c1c(=O)c(C(=O)O)cn2C1CC1. The lowest BCUT2D eigenvalue weighted by atomic mass is 9.71. The van der Waals surface area contributed by atoms with Gasteiger partial charge in [0.2, 0.25) is 5.43 Å². The molecule has 1 aromatic heterocycles. The summed E-state index contributed by atoms with van der Waals surface area (Å²) in [5.74, 6) is -0.241. The van der Waals surface area contributed by atoms with Crippen molar-refractivity contribution in [2.75, 3.05) is 18.0 Å². The largest absolute Gasteiger partial charge is 0.477 e. The van der Waals surface area contributed by atoms with Gasteiger partial charge in [0, 0.05) is 42.9 Å². The highest BCUT2D eigenvalue weighted by molar-refractivity contribution is 5.95. The molecule has 1 aliphatic heterocycles. The average Bonchev–Trinajstić information content (AvgIpc) is 3.48. The molecule has 1 aromatic carbocycles. The number of carbonyl (C=O) groups is 1. The lowest BCUT2D eigenvalue weighted by Gasteiger charge is -2.34. The van der Waals surface area contributed by atoms with Crippen LogP contribution in [0.3, 0.4) is 0 Å². The number of carboxylic acid groups (broad SMARTS) is 1. The number of aromatic nitrogens is 1. The summed E-state index contributed by atoms with van der Waals surface area (Å²) in [6.07, 6.45) is 7.60. The van der Waals surface area contributed by atoms with Gasteiger partial charge in [-0.15, -0.1) is 0 Å². The number of aromatic carboxylic acids is 1. The maximum atomic E-state index is 15.7. The molecule has 5 rings (SSSR count). The van der Waals surface area contributed by atoms with E-state index in [1.807, 2.05) is 4.57 Å². The number of halogens is 1. The van der Waals surface area contributed by atoms with E-state index in [2.05, 4.69) is 30.9 Å². The number of aryl methyl sites for hydroxylation is 1. The van der Waals surface area contributed by atoms with Crippen LogP contribution in [0.25, 0.3) is 10.9 Å². The van der Waals surface area contributed by atoms with Crippen molar-refractivity contribution in [2.24, 2.45) is 29.4 Å². The molecule has 6 nitrogen and oxygen atoms in total. The Kier molecular flexibility index (Phi) is 4.93. The van der Waals surface area contributed by atoms with Crippen molar-refractivity contribution < 1.29 is 14.3 Å². The van der Waals surface area contributed by atoms with Gasteiger partial charge in [-0.2, -0.15) is 0 Å². The predicted molar refractivity (Wildman–Crippen MR) is 123 cm³/mol. The summed E-state index contributed by atoms with van der Waals surface area (Å²) < 4.78 is 17.6. The van der Waals surface area contributed by atoms with Gasteiger partial charge in [-0.05, 0) is 43.6 Å². The predicted octanol–water partition coefficient (Wildman–Crippen LogP) is 3.70. The van der Waals surface area contributed by atoms with Crippen LogP contribution in [-0.2, 0) is 0 Å². The standard InChI is InChI=1S/C25H30FN3O3/c1-12(2)15-6-7-19(27)17-10-28(9-16(15)17)21-8-20-22(13(3)23(21)26)24(30)18(25(31)32)11-29(20)14-4-5-14/h6-8,11-12,14-17,19H,4-5,9-10,27H2,1-3H3,(H,31,32). The third kappa shape index (κ3) is 3.17. The Balaban J connectivity index is 1.64. The van der Waals surface area contributed by atoms with Crippen LogP contribution in [0.1, 0.15) is 48.7 Å². The highest BCUT2D eigenvalue weighted by atomic mass is 19.1. The van der Waals surface area contributed by atoms with Gasteiger partial charge < -0.3 is 20.3 Å². The van der Waals surface area contributed by atoms with E-state index >= 15 is 4.39 Å². The second-order valence-electron chi connectivity index (χ2n) is 10.1. The number of nitrogens with two attached hydrogens (primary N) is 1. The smallest absolute Gasteiger partial charge is 0.341 e. The Morgan fingerprint density at radius 2 is 1.91 bits per heavy atom. The zero-order valence-corrected chi connectivity index (χ0v) is 18.7. The Labute approximate surface area is 186 Å². The molecule has 2 heterocycles. The Hall–Kier alpha value is -2.67. The first-order chi connectivity index (χ1) is 15.2. The Morgan fingerprint density at radius 1 is 1.22 bits per heavy atom. The fraction of sp³-hybridized carbons (Fsp3) is 0.520. The van der Waals surface area contributed by atoms with Crippen molar-refractivity contribution in [3.05, 3.63) is 51.6 Å². The van der Waals surface area contributed by atoms with Crippen molar-refractivity contribution in [1.29, 1.82) is 0 Å². The zero-order chi connectivity index (χ0) is 22.9. The van der Waals surface area contributed by atoms with Crippen molar-refractivity contribution in [3.8, 4) is 0 Å². The zero-order valence-electron chi connectivity index (χ0n) is 18.7. The first-order valence-corrected chi connectivity index (χ1v) is 11.5. The van der Waals surface area contributed by atoms with Crippen LogP contribution in [0.4, 0.5) is 10.1 Å². The van der Waals surface area contributed by atoms with Gasteiger partial charge in [-0.1, -0.05) is 26.0 Å². The topological polar surface area (TPSA) is 88.6 Å². The number of benzene rings is 1. The van der Waals surface area contributed by atoms with E-state index in [0.717, 1.165) is 12.8 Å². The van der Waals surface area contributed by atoms with E-state index in [1.54, 1.807) is 13.0 Å². The van der Waals surface area contributed by atoms with Crippen LogP contribution >= 0.6 is 0 Å². The second kappa shape index (κ2) is 7.44. The van der Waals surface area contributed by atoms with Crippen molar-refractivity contribution >= 4 is 22.6 Å². The number of hydrogen-bond acceptors (Lipinski definition) is 4. The molecular formula is C25H30FN3O3. The summed E-state index contributed by atoms with van der Waals surface area (Å²) in [5.41, 5.74) is 6.81. The second-order valence-corrected chi connectivity index (χ2v) is 10.1. The number of anilines is 1. The molecule has 7 heteroatoms. The molecule has 32 heavy (non-hydrogen) atoms. The Morgan fingerprint density at radius 3 is 2.53 bits per heavy atom. The van der Waals surface area contributed by atoms with Crippen LogP contribution in [0, 0.1) is 36.4 Å². The van der Waals surface area contributed by atoms with Gasteiger partial charge in [-0.25, -0.2) is 9.18 Å². The third-order valence-electron chi connectivity index (χ3n) is 7.71. The van der Waals surface area contributed by atoms with Gasteiger partial charge in [0.05, 0.1) is 16.6 Å². The normalized spacial score (nSPS) is 27.4. The van der Waals surface area contributed by atoms with E-state index in [4.69, 9.17) is 5.73 Å². The van der Waals surface area contributed by atoms with E-state index in [9.17, 15) is 14.7 Å². The summed E-state index contributed by atoms with van der Waals surface area (Å²) in [7, 11) is 0. The first kappa shape index (κ1) is 21.2. The fourth-order valence-electron chi connectivity index (χ4n) is 5.81. The summed E-state index contributed by atoms with van der Waals surface area (Å²) in [6.45, 7) is 7.39. The molecule has 4 atom stereocenters. The molecule has 0 spiro atoms. The van der Waals surface area contributed by atoms with Crippen LogP contribution in [-0.4, -0.2) is 34.8 Å². The van der Waals surface area contributed by atoms with Crippen LogP contribution in [0.15, 0.2) is 29.2 Å². The van der Waals surface area contributed by atoms with Gasteiger partial charge in [0.25, 0.3) is 0 Å². The van der Waals surface area contributed by atoms with Crippen LogP contribution < -0.4 is 16.1 Å². The quantitative estimate of drug-likeness (QED) is 0.709. The summed E-state index contributed by atoms with van der Waals surface area (Å²) in [4.78, 5) is 26.7. The minimum atomic E-state index is -1.28. The van der Waals surface area contributed by atoms with Gasteiger partial charge in [0.1, 0.15) is 11.4 Å². The maximum Gasteiger partial charge on any atom is 0.341 e. The molecule has 2 aromatic rings. The van der Waals surface area contributed by atoms with Crippen LogP contribution in [0.5, 0.6) is 0 Å². The molecule has 2 aliphatic carbocycles. The Bertz CT molecular complexity index is 1200. The van der Waals surface area contributed by atoms with E-state index < -0.39 is 17.2 Å².